The maximum absolute atomic E-state index is 15.0. The van der Waals surface area contributed by atoms with Crippen LogP contribution in [0.1, 0.15) is 184 Å². The molecule has 0 spiro atoms. The van der Waals surface area contributed by atoms with E-state index in [1.54, 1.807) is 31.4 Å². The fourth-order valence-electron chi connectivity index (χ4n) is 11.9. The quantitative estimate of drug-likeness (QED) is 0.0230. The number of carboxylic acid groups (broad SMARTS) is 1. The van der Waals surface area contributed by atoms with E-state index in [0.717, 1.165) is 104 Å². The highest BCUT2D eigenvalue weighted by molar-refractivity contribution is 7.09. The number of aliphatic carboxylic acids is 1. The lowest BCUT2D eigenvalue weighted by molar-refractivity contribution is -0.150. The van der Waals surface area contributed by atoms with Gasteiger partial charge in [0.15, 0.2) is 6.10 Å². The Kier molecular flexibility index (Phi) is 30.7. The number of allylic oxidation sites excluding steroid dienone is 5. The van der Waals surface area contributed by atoms with Crippen molar-refractivity contribution < 1.29 is 57.7 Å². The Morgan fingerprint density at radius 2 is 1.57 bits per heavy atom. The number of thiazole rings is 1. The summed E-state index contributed by atoms with van der Waals surface area (Å²) in [6.45, 7) is 18.1. The van der Waals surface area contributed by atoms with E-state index in [0.29, 0.717) is 43.4 Å². The number of unbranched alkanes of at least 4 members (excludes halogenated alkanes) is 3. The molecule has 1 aliphatic carbocycles. The highest BCUT2D eigenvalue weighted by Gasteiger charge is 2.39. The van der Waals surface area contributed by atoms with Crippen molar-refractivity contribution in [2.24, 2.45) is 17.3 Å². The lowest BCUT2D eigenvalue weighted by atomic mass is 9.84. The second-order valence-corrected chi connectivity index (χ2v) is 26.7. The Hall–Kier alpha value is -7.27. The van der Waals surface area contributed by atoms with Crippen molar-refractivity contribution in [1.29, 1.82) is 0 Å². The van der Waals surface area contributed by atoms with E-state index >= 15 is 4.79 Å². The average molecular weight is 1310 g/mol. The highest BCUT2D eigenvalue weighted by Crippen LogP contribution is 2.34. The van der Waals surface area contributed by atoms with E-state index in [4.69, 9.17) is 19.2 Å². The lowest BCUT2D eigenvalue weighted by Gasteiger charge is -2.40. The number of amides is 6. The third-order valence-electron chi connectivity index (χ3n) is 17.6. The number of esters is 1. The predicted octanol–water partition coefficient (Wildman–Crippen LogP) is 9.55. The Labute approximate surface area is 554 Å². The Morgan fingerprint density at radius 1 is 0.849 bits per heavy atom. The number of ether oxygens (including phenoxy) is 3. The number of nitrogens with one attached hydrogen (secondary N) is 5. The van der Waals surface area contributed by atoms with Crippen LogP contribution in [0.15, 0.2) is 83.4 Å². The molecule has 1 saturated heterocycles. The molecule has 1 fully saturated rings. The maximum Gasteiger partial charge on any atom is 0.309 e. The van der Waals surface area contributed by atoms with Gasteiger partial charge in [-0.25, -0.2) is 4.98 Å². The number of aromatic nitrogens is 1. The fourth-order valence-corrected chi connectivity index (χ4v) is 12.8. The molecule has 3 aromatic rings. The summed E-state index contributed by atoms with van der Waals surface area (Å²) in [4.78, 5) is 118. The van der Waals surface area contributed by atoms with Crippen molar-refractivity contribution >= 4 is 70.5 Å². The van der Waals surface area contributed by atoms with Gasteiger partial charge >= 0.3 is 11.9 Å². The minimum atomic E-state index is -1.21. The molecule has 510 valence electrons. The lowest BCUT2D eigenvalue weighted by Crippen LogP contribution is -2.59. The zero-order valence-electron chi connectivity index (χ0n) is 56.4. The van der Waals surface area contributed by atoms with Crippen LogP contribution in [0, 0.1) is 17.3 Å². The van der Waals surface area contributed by atoms with Crippen molar-refractivity contribution in [3.05, 3.63) is 111 Å². The van der Waals surface area contributed by atoms with E-state index in [-0.39, 0.29) is 118 Å². The van der Waals surface area contributed by atoms with Crippen LogP contribution in [0.5, 0.6) is 0 Å². The summed E-state index contributed by atoms with van der Waals surface area (Å²) in [5.41, 5.74) is 4.47. The third-order valence-corrected chi connectivity index (χ3v) is 18.6. The Bertz CT molecular complexity index is 3050. The van der Waals surface area contributed by atoms with Gasteiger partial charge in [-0.3, -0.25) is 43.3 Å². The smallest absolute Gasteiger partial charge is 0.309 e. The molecule has 0 saturated carbocycles. The third kappa shape index (κ3) is 23.9. The number of rotatable bonds is 38. The molecule has 0 bridgehead atoms. The molecule has 22 heteroatoms. The molecule has 3 heterocycles. The van der Waals surface area contributed by atoms with Gasteiger partial charge in [-0.2, -0.15) is 0 Å². The van der Waals surface area contributed by atoms with E-state index < -0.39 is 47.5 Å². The number of hydrogen-bond donors (Lipinski definition) is 6. The van der Waals surface area contributed by atoms with Gasteiger partial charge in [0.2, 0.25) is 29.5 Å². The molecule has 6 amide bonds. The normalized spacial score (nSPS) is 16.9. The largest absolute Gasteiger partial charge is 0.481 e. The van der Waals surface area contributed by atoms with Crippen LogP contribution in [0.2, 0.25) is 0 Å². The number of likely N-dealkylation sites (tertiary alicyclic amines) is 1. The molecule has 93 heavy (non-hydrogen) atoms. The number of nitrogens with zero attached hydrogens (tertiary/aromatic N) is 4. The molecule has 6 atom stereocenters. The van der Waals surface area contributed by atoms with E-state index in [2.05, 4.69) is 62.7 Å². The molecule has 3 aliphatic rings. The highest BCUT2D eigenvalue weighted by atomic mass is 32.1. The summed E-state index contributed by atoms with van der Waals surface area (Å²) < 4.78 is 17.2. The van der Waals surface area contributed by atoms with Crippen molar-refractivity contribution in [2.75, 3.05) is 71.5 Å². The number of likely N-dealkylation sites (N-methyl/N-ethyl adjacent to an activating group) is 1. The maximum atomic E-state index is 15.0. The minimum absolute atomic E-state index is 0.00677. The molecule has 2 aliphatic heterocycles. The van der Waals surface area contributed by atoms with Gasteiger partial charge in [0.1, 0.15) is 16.7 Å². The first-order valence-electron chi connectivity index (χ1n) is 33.5. The summed E-state index contributed by atoms with van der Waals surface area (Å²) >= 11 is 1.16. The zero-order valence-corrected chi connectivity index (χ0v) is 57.2. The molecule has 21 nitrogen and oxygen atoms in total. The molecule has 0 radical (unpaired) electrons. The van der Waals surface area contributed by atoms with Gasteiger partial charge in [-0.15, -0.1) is 11.3 Å². The van der Waals surface area contributed by atoms with Crippen LogP contribution >= 0.6 is 11.3 Å². The van der Waals surface area contributed by atoms with Crippen LogP contribution in [-0.2, 0) is 60.7 Å². The van der Waals surface area contributed by atoms with E-state index in [1.807, 2.05) is 80.9 Å². The van der Waals surface area contributed by atoms with Gasteiger partial charge in [0.05, 0.1) is 51.0 Å². The number of hydrogen-bond acceptors (Lipinski definition) is 15. The molecule has 2 aromatic carbocycles. The number of fused-ring (bicyclic) bond motifs is 1. The van der Waals surface area contributed by atoms with Crippen molar-refractivity contribution in [2.45, 2.75) is 189 Å². The Morgan fingerprint density at radius 3 is 2.25 bits per heavy atom. The van der Waals surface area contributed by atoms with E-state index in [9.17, 15) is 38.7 Å². The number of benzene rings is 2. The molecule has 6 N–H and O–H groups in total. The van der Waals surface area contributed by atoms with Crippen LogP contribution in [0.25, 0.3) is 6.08 Å². The van der Waals surface area contributed by atoms with Gasteiger partial charge in [-0.1, -0.05) is 127 Å². The SMILES string of the molecule is CCCCCCN(C(=O)[C@@H](NC(=O)[C@H]1CCCCN1C)[C@@H](C)CC)[C@H](C[C@@H](OC(C)=O)c1nc(C(=O)N[C@@H](Cc2ccc(NCC(=O)NCCOCCOCCNC(=O)CCC(=O)N3Cc4ccccc4/C=C\C4=C3CCC=C4)cc2)CC(C)(C)C(=O)O)cs1)C(C)C. The van der Waals surface area contributed by atoms with Crippen molar-refractivity contribution in [3.8, 4) is 0 Å². The van der Waals surface area contributed by atoms with Crippen molar-refractivity contribution in [1.82, 2.24) is 41.0 Å². The van der Waals surface area contributed by atoms with Crippen LogP contribution in [0.3, 0.4) is 0 Å². The number of carbonyl (C=O) groups excluding carboxylic acids is 7. The van der Waals surface area contributed by atoms with Gasteiger partial charge in [0, 0.05) is 74.7 Å². The molecule has 1 aromatic heterocycles. The molecule has 0 unspecified atom stereocenters. The van der Waals surface area contributed by atoms with E-state index in [1.165, 1.54) is 6.92 Å². The summed E-state index contributed by atoms with van der Waals surface area (Å²) in [5, 5.41) is 27.1. The summed E-state index contributed by atoms with van der Waals surface area (Å²) in [6.07, 6.45) is 16.8. The molecule has 6 rings (SSSR count). The van der Waals surface area contributed by atoms with Gasteiger partial charge < -0.3 is 55.7 Å². The Balaban J connectivity index is 0.948. The number of anilines is 1. The monoisotopic (exact) mass is 1310 g/mol. The number of carbonyl (C=O) groups is 8. The van der Waals surface area contributed by atoms with Gasteiger partial charge in [-0.05, 0) is 119 Å². The predicted molar refractivity (Wildman–Crippen MR) is 362 cm³/mol. The van der Waals surface area contributed by atoms with Crippen LogP contribution in [0.4, 0.5) is 5.69 Å². The fraction of sp³-hybridized carbons (Fsp3) is 0.592. The first-order chi connectivity index (χ1) is 44.6. The first-order valence-corrected chi connectivity index (χ1v) is 34.4. The average Bonchev–Trinajstić information content (AvgIpc) is 1.37. The topological polar surface area (TPSA) is 267 Å². The number of piperidine rings is 1. The summed E-state index contributed by atoms with van der Waals surface area (Å²) in [7, 11) is 1.95. The second kappa shape index (κ2) is 38.2. The van der Waals surface area contributed by atoms with Crippen molar-refractivity contribution in [3.63, 3.8) is 0 Å². The van der Waals surface area contributed by atoms with Crippen LogP contribution < -0.4 is 26.6 Å². The first kappa shape index (κ1) is 74.8. The zero-order chi connectivity index (χ0) is 67.5. The minimum Gasteiger partial charge on any atom is -0.481 e. The standard InChI is InChI=1S/C71H103N9O12S/c1-10-12-13-19-37-79(69(87)65(49(5)11-2)77-67(86)59-25-18-20-36-78(59)9)60(48(3)4)43-61(92-50(6)81)68-76-57(47-93-68)66(85)75-56(44-71(7,8)70(88)89)42-51-26-30-55(31-27-51)74-45-63(83)73-35-39-91-41-40-90-38-34-72-62(82)32-33-64(84)80-46-54-23-15-14-21-52(54)28-29-53-22-16-17-24-58(53)80/h14-16,21-23,26-31,47-49,56,59-61,65,74H,10-13,17-20,24-25,32-46H2,1-9H3,(H,72,82)(H,73,83)(H,75,85)(H,77,86)(H,88,89)/b29-28-/t49-,56-,59+,60+,61+,65-/m0/s1. The summed E-state index contributed by atoms with van der Waals surface area (Å²) in [5.74, 6) is -3.24. The summed E-state index contributed by atoms with van der Waals surface area (Å²) in [6, 6.07) is 13.2. The second-order valence-electron chi connectivity index (χ2n) is 25.8. The molecular formula is C71H103N9O12S. The number of carboxylic acids is 1. The van der Waals surface area contributed by atoms with Gasteiger partial charge in [0.25, 0.3) is 5.91 Å². The molecular weight excluding hydrogens is 1200 g/mol. The van der Waals surface area contributed by atoms with Crippen LogP contribution in [-0.4, -0.2) is 163 Å².